The van der Waals surface area contributed by atoms with Crippen LogP contribution in [0.1, 0.15) is 37.7 Å². The number of benzene rings is 1. The SMILES string of the molecule is CCC[N+]1([O-])CCCC(c2cccc(S(C)(=O)=O)c2)C1. The van der Waals surface area contributed by atoms with Crippen molar-refractivity contribution < 1.29 is 13.1 Å². The number of quaternary nitrogens is 1. The van der Waals surface area contributed by atoms with Gasteiger partial charge in [-0.1, -0.05) is 19.1 Å². The van der Waals surface area contributed by atoms with E-state index in [1.165, 1.54) is 6.26 Å². The Morgan fingerprint density at radius 2 is 2.15 bits per heavy atom. The third-order valence-electron chi connectivity index (χ3n) is 4.06. The van der Waals surface area contributed by atoms with Crippen LogP contribution in [0, 0.1) is 5.21 Å². The van der Waals surface area contributed by atoms with Crippen molar-refractivity contribution in [2.75, 3.05) is 25.9 Å². The van der Waals surface area contributed by atoms with Crippen LogP contribution in [0.3, 0.4) is 0 Å². The van der Waals surface area contributed by atoms with E-state index < -0.39 is 9.84 Å². The summed E-state index contributed by atoms with van der Waals surface area (Å²) in [5, 5.41) is 12.6. The standard InChI is InChI=1S/C15H23NO3S/c1-3-9-16(17)10-5-7-14(12-16)13-6-4-8-15(11-13)20(2,18)19/h4,6,8,11,14H,3,5,7,9-10,12H2,1-2H3. The Balaban J connectivity index is 2.23. The average Bonchev–Trinajstić information content (AvgIpc) is 2.38. The van der Waals surface area contributed by atoms with Crippen molar-refractivity contribution in [2.24, 2.45) is 0 Å². The minimum atomic E-state index is -3.19. The van der Waals surface area contributed by atoms with Crippen LogP contribution in [0.2, 0.25) is 0 Å². The van der Waals surface area contributed by atoms with Crippen LogP contribution in [-0.4, -0.2) is 39.0 Å². The topological polar surface area (TPSA) is 57.2 Å². The number of hydroxylamine groups is 3. The van der Waals surface area contributed by atoms with Crippen LogP contribution in [0.4, 0.5) is 0 Å². The quantitative estimate of drug-likeness (QED) is 0.634. The van der Waals surface area contributed by atoms with Gasteiger partial charge in [-0.05, 0) is 37.0 Å². The Hall–Kier alpha value is -0.910. The van der Waals surface area contributed by atoms with Crippen LogP contribution in [0.15, 0.2) is 29.2 Å². The van der Waals surface area contributed by atoms with Gasteiger partial charge in [0.1, 0.15) is 0 Å². The summed E-state index contributed by atoms with van der Waals surface area (Å²) >= 11 is 0. The van der Waals surface area contributed by atoms with Gasteiger partial charge in [0, 0.05) is 12.2 Å². The van der Waals surface area contributed by atoms with Crippen molar-refractivity contribution >= 4 is 9.84 Å². The second kappa shape index (κ2) is 5.84. The molecular weight excluding hydrogens is 274 g/mol. The molecule has 5 heteroatoms. The molecule has 2 unspecified atom stereocenters. The monoisotopic (exact) mass is 297 g/mol. The highest BCUT2D eigenvalue weighted by atomic mass is 32.2. The number of nitrogens with zero attached hydrogens (tertiary/aromatic N) is 1. The summed E-state index contributed by atoms with van der Waals surface area (Å²) in [6.45, 7) is 3.95. The van der Waals surface area contributed by atoms with Crippen molar-refractivity contribution in [1.82, 2.24) is 0 Å². The van der Waals surface area contributed by atoms with Crippen LogP contribution in [0.25, 0.3) is 0 Å². The van der Waals surface area contributed by atoms with Gasteiger partial charge in [0.05, 0.1) is 24.5 Å². The van der Waals surface area contributed by atoms with Gasteiger partial charge in [0.2, 0.25) is 0 Å². The predicted octanol–water partition coefficient (Wildman–Crippen LogP) is 2.69. The van der Waals surface area contributed by atoms with E-state index in [2.05, 4.69) is 0 Å². The fraction of sp³-hybridized carbons (Fsp3) is 0.600. The van der Waals surface area contributed by atoms with E-state index in [0.717, 1.165) is 24.8 Å². The molecule has 4 nitrogen and oxygen atoms in total. The Kier molecular flexibility index (Phi) is 4.52. The predicted molar refractivity (Wildman–Crippen MR) is 80.0 cm³/mol. The van der Waals surface area contributed by atoms with E-state index in [0.29, 0.717) is 24.5 Å². The highest BCUT2D eigenvalue weighted by Gasteiger charge is 2.28. The highest BCUT2D eigenvalue weighted by molar-refractivity contribution is 7.90. The van der Waals surface area contributed by atoms with Gasteiger partial charge in [0.15, 0.2) is 9.84 Å². The first-order valence-corrected chi connectivity index (χ1v) is 9.10. The lowest BCUT2D eigenvalue weighted by molar-refractivity contribution is -0.887. The number of hydrogen-bond acceptors (Lipinski definition) is 3. The van der Waals surface area contributed by atoms with E-state index in [1.54, 1.807) is 18.2 Å². The normalized spacial score (nSPS) is 27.4. The van der Waals surface area contributed by atoms with E-state index >= 15 is 0 Å². The minimum Gasteiger partial charge on any atom is -0.633 e. The third kappa shape index (κ3) is 3.59. The molecule has 0 aliphatic carbocycles. The van der Waals surface area contributed by atoms with E-state index in [4.69, 9.17) is 0 Å². The molecule has 0 N–H and O–H groups in total. The summed E-state index contributed by atoms with van der Waals surface area (Å²) < 4.78 is 23.1. The number of likely N-dealkylation sites (tertiary alicyclic amines) is 1. The van der Waals surface area contributed by atoms with Crippen molar-refractivity contribution in [3.05, 3.63) is 35.0 Å². The van der Waals surface area contributed by atoms with Gasteiger partial charge < -0.3 is 9.85 Å². The van der Waals surface area contributed by atoms with Crippen molar-refractivity contribution in [3.8, 4) is 0 Å². The molecule has 0 radical (unpaired) electrons. The molecule has 1 fully saturated rings. The summed E-state index contributed by atoms with van der Waals surface area (Å²) in [6.07, 6.45) is 3.99. The molecule has 0 amide bonds. The first-order valence-electron chi connectivity index (χ1n) is 7.21. The Labute approximate surface area is 121 Å². The molecule has 2 atom stereocenters. The molecule has 1 saturated heterocycles. The van der Waals surface area contributed by atoms with Crippen molar-refractivity contribution in [3.63, 3.8) is 0 Å². The highest BCUT2D eigenvalue weighted by Crippen LogP contribution is 2.31. The Morgan fingerprint density at radius 3 is 2.80 bits per heavy atom. The first-order chi connectivity index (χ1) is 9.34. The lowest BCUT2D eigenvalue weighted by Gasteiger charge is -2.48. The molecule has 1 heterocycles. The first kappa shape index (κ1) is 15.5. The average molecular weight is 297 g/mol. The molecular formula is C15H23NO3S. The summed E-state index contributed by atoms with van der Waals surface area (Å²) in [5.74, 6) is 0.175. The van der Waals surface area contributed by atoms with E-state index in [9.17, 15) is 13.6 Å². The number of piperidine rings is 1. The maximum absolute atomic E-state index is 12.6. The Morgan fingerprint density at radius 1 is 1.40 bits per heavy atom. The Bertz CT molecular complexity index is 566. The molecule has 0 spiro atoms. The van der Waals surface area contributed by atoms with Gasteiger partial charge in [-0.25, -0.2) is 8.42 Å². The lowest BCUT2D eigenvalue weighted by atomic mass is 9.90. The van der Waals surface area contributed by atoms with Gasteiger partial charge in [-0.2, -0.15) is 0 Å². The zero-order valence-electron chi connectivity index (χ0n) is 12.2. The third-order valence-corrected chi connectivity index (χ3v) is 5.17. The molecule has 0 saturated carbocycles. The summed E-state index contributed by atoms with van der Waals surface area (Å²) in [4.78, 5) is 0.347. The smallest absolute Gasteiger partial charge is 0.175 e. The molecule has 1 aromatic carbocycles. The summed E-state index contributed by atoms with van der Waals surface area (Å²) in [7, 11) is -3.19. The maximum atomic E-state index is 12.6. The van der Waals surface area contributed by atoms with Gasteiger partial charge in [-0.3, -0.25) is 0 Å². The molecule has 1 aromatic rings. The number of sulfone groups is 1. The molecule has 2 rings (SSSR count). The van der Waals surface area contributed by atoms with Gasteiger partial charge in [0.25, 0.3) is 0 Å². The van der Waals surface area contributed by atoms with Crippen LogP contribution in [-0.2, 0) is 9.84 Å². The van der Waals surface area contributed by atoms with E-state index in [-0.39, 0.29) is 10.6 Å². The van der Waals surface area contributed by atoms with Crippen molar-refractivity contribution in [2.45, 2.75) is 37.0 Å². The van der Waals surface area contributed by atoms with Crippen molar-refractivity contribution in [1.29, 1.82) is 0 Å². The maximum Gasteiger partial charge on any atom is 0.175 e. The van der Waals surface area contributed by atoms with E-state index in [1.807, 2.05) is 13.0 Å². The minimum absolute atomic E-state index is 0.135. The summed E-state index contributed by atoms with van der Waals surface area (Å²) in [6, 6.07) is 7.08. The van der Waals surface area contributed by atoms with Crippen LogP contribution < -0.4 is 0 Å². The molecule has 20 heavy (non-hydrogen) atoms. The zero-order chi connectivity index (χ0) is 14.8. The molecule has 0 bridgehead atoms. The lowest BCUT2D eigenvalue weighted by Crippen LogP contribution is -2.49. The van der Waals surface area contributed by atoms with Crippen LogP contribution in [0.5, 0.6) is 0 Å². The van der Waals surface area contributed by atoms with Gasteiger partial charge >= 0.3 is 0 Å². The molecule has 0 aromatic heterocycles. The number of hydrogen-bond donors (Lipinski definition) is 0. The fourth-order valence-electron chi connectivity index (χ4n) is 3.09. The van der Waals surface area contributed by atoms with Gasteiger partial charge in [-0.15, -0.1) is 0 Å². The molecule has 112 valence electrons. The van der Waals surface area contributed by atoms with Crippen LogP contribution >= 0.6 is 0 Å². The molecule has 1 aliphatic heterocycles. The summed E-state index contributed by atoms with van der Waals surface area (Å²) in [5.41, 5.74) is 0.988. The largest absolute Gasteiger partial charge is 0.633 e. The zero-order valence-corrected chi connectivity index (χ0v) is 13.0. The molecule has 1 aliphatic rings. The second-order valence-corrected chi connectivity index (χ2v) is 7.89. The second-order valence-electron chi connectivity index (χ2n) is 5.87. The number of rotatable bonds is 4. The fourth-order valence-corrected chi connectivity index (χ4v) is 3.77.